The van der Waals surface area contributed by atoms with Gasteiger partial charge in [-0.1, -0.05) is 6.08 Å². The Morgan fingerprint density at radius 2 is 2.00 bits per heavy atom. The van der Waals surface area contributed by atoms with Crippen molar-refractivity contribution < 1.29 is 24.2 Å². The van der Waals surface area contributed by atoms with Crippen molar-refractivity contribution in [1.29, 1.82) is 0 Å². The highest BCUT2D eigenvalue weighted by Crippen LogP contribution is 2.36. The maximum Gasteiger partial charge on any atom is 0.311 e. The molecule has 0 unspecified atom stereocenters. The van der Waals surface area contributed by atoms with Crippen LogP contribution >= 0.6 is 15.9 Å². The molecule has 0 spiro atoms. The topological polar surface area (TPSA) is 72.8 Å². The molecule has 0 atom stereocenters. The minimum absolute atomic E-state index is 0.474. The molecule has 102 valence electrons. The fraction of sp³-hybridized carbons (Fsp3) is 0.231. The van der Waals surface area contributed by atoms with E-state index in [4.69, 9.17) is 14.6 Å². The van der Waals surface area contributed by atoms with Crippen molar-refractivity contribution in [1.82, 2.24) is 0 Å². The Balaban J connectivity index is 2.96. The van der Waals surface area contributed by atoms with Gasteiger partial charge in [0.2, 0.25) is 0 Å². The molecule has 6 heteroatoms. The first-order valence-corrected chi connectivity index (χ1v) is 6.11. The molecule has 5 nitrogen and oxygen atoms in total. The van der Waals surface area contributed by atoms with Gasteiger partial charge in [0, 0.05) is 0 Å². The van der Waals surface area contributed by atoms with E-state index in [2.05, 4.69) is 15.9 Å². The highest BCUT2D eigenvalue weighted by Gasteiger charge is 2.09. The molecule has 0 bridgehead atoms. The predicted octanol–water partition coefficient (Wildman–Crippen LogP) is 2.52. The van der Waals surface area contributed by atoms with Crippen LogP contribution in [0.25, 0.3) is 6.08 Å². The van der Waals surface area contributed by atoms with Gasteiger partial charge in [-0.3, -0.25) is 9.59 Å². The summed E-state index contributed by atoms with van der Waals surface area (Å²) in [5, 5.41) is 8.48. The smallest absolute Gasteiger partial charge is 0.311 e. The summed E-state index contributed by atoms with van der Waals surface area (Å²) < 4.78 is 11.0. The highest BCUT2D eigenvalue weighted by molar-refractivity contribution is 9.10. The second kappa shape index (κ2) is 6.94. The summed E-state index contributed by atoms with van der Waals surface area (Å²) in [6, 6.07) is 3.43. The van der Waals surface area contributed by atoms with Gasteiger partial charge < -0.3 is 14.6 Å². The predicted molar refractivity (Wildman–Crippen MR) is 73.5 cm³/mol. The number of carbonyl (C=O) groups excluding carboxylic acids is 1. The van der Waals surface area contributed by atoms with Crippen LogP contribution < -0.4 is 9.47 Å². The molecule has 1 aromatic carbocycles. The number of carboxylic acids is 1. The zero-order valence-electron chi connectivity index (χ0n) is 10.5. The number of benzene rings is 1. The Morgan fingerprint density at radius 1 is 1.32 bits per heavy atom. The van der Waals surface area contributed by atoms with Gasteiger partial charge in [-0.15, -0.1) is 0 Å². The molecular weight excluding hydrogens is 316 g/mol. The number of allylic oxidation sites excluding steroid dienone is 1. The Hall–Kier alpha value is -1.82. The molecule has 19 heavy (non-hydrogen) atoms. The molecule has 0 amide bonds. The molecule has 1 rings (SSSR count). The number of halogens is 1. The molecule has 0 saturated heterocycles. The van der Waals surface area contributed by atoms with Crippen molar-refractivity contribution in [3.63, 3.8) is 0 Å². The third-order valence-corrected chi connectivity index (χ3v) is 2.83. The van der Waals surface area contributed by atoms with Crippen LogP contribution in [0, 0.1) is 0 Å². The Morgan fingerprint density at radius 3 is 2.53 bits per heavy atom. The van der Waals surface area contributed by atoms with E-state index in [9.17, 15) is 9.59 Å². The SMILES string of the molecule is COc1cc(/C=C/C(=O)CC(=O)O)cc(Br)c1OC. The number of methoxy groups -OCH3 is 2. The maximum absolute atomic E-state index is 11.3. The largest absolute Gasteiger partial charge is 0.493 e. The Bertz CT molecular complexity index is 522. The first-order chi connectivity index (χ1) is 8.97. The number of aliphatic carboxylic acids is 1. The molecule has 1 N–H and O–H groups in total. The number of ether oxygens (including phenoxy) is 2. The summed E-state index contributed by atoms with van der Waals surface area (Å²) in [5.74, 6) is -0.555. The van der Waals surface area contributed by atoms with Crippen molar-refractivity contribution in [3.05, 3.63) is 28.2 Å². The lowest BCUT2D eigenvalue weighted by atomic mass is 10.1. The van der Waals surface area contributed by atoms with Crippen LogP contribution in [0.1, 0.15) is 12.0 Å². The van der Waals surface area contributed by atoms with Gasteiger partial charge in [0.15, 0.2) is 17.3 Å². The summed E-state index contributed by atoms with van der Waals surface area (Å²) in [4.78, 5) is 21.6. The Labute approximate surface area is 119 Å². The third-order valence-electron chi connectivity index (χ3n) is 2.24. The summed E-state index contributed by atoms with van der Waals surface area (Å²) >= 11 is 3.33. The highest BCUT2D eigenvalue weighted by atomic mass is 79.9. The molecule has 0 aliphatic heterocycles. The first-order valence-electron chi connectivity index (χ1n) is 5.32. The average Bonchev–Trinajstić information content (AvgIpc) is 2.34. The molecule has 0 saturated carbocycles. The standard InChI is InChI=1S/C13H13BrO5/c1-18-11-6-8(5-10(14)13(11)19-2)3-4-9(15)7-12(16)17/h3-6H,7H2,1-2H3,(H,16,17)/b4-3+. The second-order valence-corrected chi connectivity index (χ2v) is 4.46. The number of hydrogen-bond acceptors (Lipinski definition) is 4. The van der Waals surface area contributed by atoms with Gasteiger partial charge in [0.1, 0.15) is 6.42 Å². The van der Waals surface area contributed by atoms with Crippen molar-refractivity contribution in [2.24, 2.45) is 0 Å². The minimum Gasteiger partial charge on any atom is -0.493 e. The van der Waals surface area contributed by atoms with E-state index in [1.54, 1.807) is 12.1 Å². The molecule has 0 fully saturated rings. The van der Waals surface area contributed by atoms with Crippen LogP contribution in [-0.4, -0.2) is 31.1 Å². The van der Waals surface area contributed by atoms with Crippen molar-refractivity contribution in [2.75, 3.05) is 14.2 Å². The van der Waals surface area contributed by atoms with Crippen LogP contribution in [-0.2, 0) is 9.59 Å². The zero-order valence-corrected chi connectivity index (χ0v) is 12.1. The zero-order chi connectivity index (χ0) is 14.4. The van der Waals surface area contributed by atoms with E-state index >= 15 is 0 Å². The van der Waals surface area contributed by atoms with E-state index in [0.29, 0.717) is 21.5 Å². The van der Waals surface area contributed by atoms with Crippen LogP contribution in [0.15, 0.2) is 22.7 Å². The molecule has 0 heterocycles. The summed E-state index contributed by atoms with van der Waals surface area (Å²) in [5.41, 5.74) is 0.697. The molecule has 1 aromatic rings. The van der Waals surface area contributed by atoms with Gasteiger partial charge in [-0.25, -0.2) is 0 Å². The molecular formula is C13H13BrO5. The fourth-order valence-corrected chi connectivity index (χ4v) is 2.05. The average molecular weight is 329 g/mol. The van der Waals surface area contributed by atoms with Crippen molar-refractivity contribution in [2.45, 2.75) is 6.42 Å². The van der Waals surface area contributed by atoms with Crippen molar-refractivity contribution in [3.8, 4) is 11.5 Å². The molecule has 0 aromatic heterocycles. The monoisotopic (exact) mass is 328 g/mol. The normalized spacial score (nSPS) is 10.5. The maximum atomic E-state index is 11.3. The van der Waals surface area contributed by atoms with Crippen LogP contribution in [0.2, 0.25) is 0 Å². The molecule has 0 aliphatic rings. The van der Waals surface area contributed by atoms with Gasteiger partial charge in [0.25, 0.3) is 0 Å². The van der Waals surface area contributed by atoms with Crippen LogP contribution in [0.5, 0.6) is 11.5 Å². The third kappa shape index (κ3) is 4.40. The quantitative estimate of drug-likeness (QED) is 0.641. The van der Waals surface area contributed by atoms with Gasteiger partial charge in [0.05, 0.1) is 18.7 Å². The lowest BCUT2D eigenvalue weighted by Crippen LogP contribution is -2.02. The van der Waals surface area contributed by atoms with Gasteiger partial charge in [-0.05, 0) is 39.7 Å². The van der Waals surface area contributed by atoms with E-state index < -0.39 is 18.2 Å². The van der Waals surface area contributed by atoms with Crippen molar-refractivity contribution >= 4 is 33.8 Å². The van der Waals surface area contributed by atoms with E-state index in [0.717, 1.165) is 0 Å². The summed E-state index contributed by atoms with van der Waals surface area (Å²) in [6.45, 7) is 0. The number of rotatable bonds is 6. The van der Waals surface area contributed by atoms with Gasteiger partial charge >= 0.3 is 5.97 Å². The summed E-state index contributed by atoms with van der Waals surface area (Å²) in [6.07, 6.45) is 2.23. The van der Waals surface area contributed by atoms with Crippen LogP contribution in [0.3, 0.4) is 0 Å². The molecule has 0 aliphatic carbocycles. The fourth-order valence-electron chi connectivity index (χ4n) is 1.43. The van der Waals surface area contributed by atoms with E-state index in [1.807, 2.05) is 0 Å². The molecule has 0 radical (unpaired) electrons. The number of carboxylic acid groups (broad SMARTS) is 1. The Kier molecular flexibility index (Phi) is 5.57. The van der Waals surface area contributed by atoms with Gasteiger partial charge in [-0.2, -0.15) is 0 Å². The summed E-state index contributed by atoms with van der Waals surface area (Å²) in [7, 11) is 3.03. The first kappa shape index (κ1) is 15.2. The number of hydrogen-bond donors (Lipinski definition) is 1. The lowest BCUT2D eigenvalue weighted by molar-refractivity contribution is -0.139. The number of ketones is 1. The van der Waals surface area contributed by atoms with Crippen LogP contribution in [0.4, 0.5) is 0 Å². The number of carbonyl (C=O) groups is 2. The second-order valence-electron chi connectivity index (χ2n) is 3.61. The lowest BCUT2D eigenvalue weighted by Gasteiger charge is -2.10. The minimum atomic E-state index is -1.15. The van der Waals surface area contributed by atoms with E-state index in [1.165, 1.54) is 26.4 Å². The van der Waals surface area contributed by atoms with E-state index in [-0.39, 0.29) is 0 Å².